The predicted octanol–water partition coefficient (Wildman–Crippen LogP) is 2.57. The van der Waals surface area contributed by atoms with Gasteiger partial charge in [0.25, 0.3) is 0 Å². The van der Waals surface area contributed by atoms with Crippen molar-refractivity contribution >= 4 is 5.78 Å². The highest BCUT2D eigenvalue weighted by Gasteiger charge is 2.15. The average Bonchev–Trinajstić information content (AvgIpc) is 2.18. The zero-order valence-electron chi connectivity index (χ0n) is 8.43. The number of benzene rings is 1. The summed E-state index contributed by atoms with van der Waals surface area (Å²) in [6, 6.07) is 3.38. The van der Waals surface area contributed by atoms with Crippen LogP contribution in [0.25, 0.3) is 0 Å². The Kier molecular flexibility index (Phi) is 4.37. The van der Waals surface area contributed by atoms with Crippen molar-refractivity contribution in [2.24, 2.45) is 0 Å². The summed E-state index contributed by atoms with van der Waals surface area (Å²) in [6.07, 6.45) is 0.550. The van der Waals surface area contributed by atoms with Crippen LogP contribution in [0.15, 0.2) is 18.2 Å². The molecule has 0 spiro atoms. The van der Waals surface area contributed by atoms with E-state index in [-0.39, 0.29) is 6.42 Å². The lowest BCUT2D eigenvalue weighted by atomic mass is 10.1. The maximum absolute atomic E-state index is 13.1. The highest BCUT2D eigenvalue weighted by atomic mass is 19.1. The van der Waals surface area contributed by atoms with E-state index in [4.69, 9.17) is 4.74 Å². The van der Waals surface area contributed by atoms with Gasteiger partial charge in [-0.2, -0.15) is 0 Å². The first-order valence-corrected chi connectivity index (χ1v) is 4.63. The number of carbonyl (C=O) groups excluding carboxylic acids is 1. The van der Waals surface area contributed by atoms with Crippen molar-refractivity contribution in [1.29, 1.82) is 0 Å². The Bertz CT molecular complexity index is 330. The zero-order chi connectivity index (χ0) is 11.3. The van der Waals surface area contributed by atoms with E-state index in [0.717, 1.165) is 12.1 Å². The molecule has 0 aliphatic carbocycles. The molecule has 0 fully saturated rings. The molecule has 0 radical (unpaired) electrons. The van der Waals surface area contributed by atoms with Crippen LogP contribution in [0.4, 0.5) is 8.78 Å². The molecule has 0 unspecified atom stereocenters. The summed E-state index contributed by atoms with van der Waals surface area (Å²) in [4.78, 5) is 11.4. The normalized spacial score (nSPS) is 10.3. The lowest BCUT2D eigenvalue weighted by Crippen LogP contribution is -2.06. The van der Waals surface area contributed by atoms with Crippen molar-refractivity contribution in [2.45, 2.75) is 12.8 Å². The summed E-state index contributed by atoms with van der Waals surface area (Å²) in [6.45, 7) is 0.405. The Morgan fingerprint density at radius 3 is 2.47 bits per heavy atom. The summed E-state index contributed by atoms with van der Waals surface area (Å²) < 4.78 is 31.0. The van der Waals surface area contributed by atoms with E-state index in [1.54, 1.807) is 0 Å². The first-order valence-electron chi connectivity index (χ1n) is 4.63. The largest absolute Gasteiger partial charge is 0.385 e. The maximum atomic E-state index is 13.1. The first kappa shape index (κ1) is 11.8. The summed E-state index contributed by atoms with van der Waals surface area (Å²) in [7, 11) is 1.51. The molecule has 0 saturated carbocycles. The molecule has 0 amide bonds. The van der Waals surface area contributed by atoms with Crippen LogP contribution in [0.5, 0.6) is 0 Å². The Balaban J connectivity index is 2.73. The summed E-state index contributed by atoms with van der Waals surface area (Å²) in [5.41, 5.74) is -0.450. The molecule has 2 nitrogen and oxygen atoms in total. The molecule has 4 heteroatoms. The standard InChI is InChI=1S/C11H12F2O2/c1-15-7-3-6-10(14)11-8(12)4-2-5-9(11)13/h2,4-5H,3,6-7H2,1H3. The first-order chi connectivity index (χ1) is 7.16. The predicted molar refractivity (Wildman–Crippen MR) is 51.8 cm³/mol. The fourth-order valence-electron chi connectivity index (χ4n) is 1.27. The van der Waals surface area contributed by atoms with Crippen molar-refractivity contribution in [2.75, 3.05) is 13.7 Å². The van der Waals surface area contributed by atoms with E-state index in [9.17, 15) is 13.6 Å². The highest BCUT2D eigenvalue weighted by molar-refractivity contribution is 5.96. The van der Waals surface area contributed by atoms with Crippen LogP contribution in [0.1, 0.15) is 23.2 Å². The molecule has 0 aliphatic rings. The number of methoxy groups -OCH3 is 1. The second kappa shape index (κ2) is 5.56. The average molecular weight is 214 g/mol. The molecule has 15 heavy (non-hydrogen) atoms. The summed E-state index contributed by atoms with van der Waals surface area (Å²) in [5, 5.41) is 0. The van der Waals surface area contributed by atoms with Gasteiger partial charge in [0.15, 0.2) is 5.78 Å². The van der Waals surface area contributed by atoms with Crippen LogP contribution >= 0.6 is 0 Å². The molecule has 1 rings (SSSR count). The fraction of sp³-hybridized carbons (Fsp3) is 0.364. The summed E-state index contributed by atoms with van der Waals surface area (Å²) in [5.74, 6) is -2.14. The van der Waals surface area contributed by atoms with E-state index in [0.29, 0.717) is 13.0 Å². The Labute approximate surface area is 86.9 Å². The molecule has 1 aromatic carbocycles. The van der Waals surface area contributed by atoms with Gasteiger partial charge in [0, 0.05) is 20.1 Å². The Morgan fingerprint density at radius 2 is 1.93 bits per heavy atom. The van der Waals surface area contributed by atoms with Crippen molar-refractivity contribution in [3.05, 3.63) is 35.4 Å². The highest BCUT2D eigenvalue weighted by Crippen LogP contribution is 2.14. The van der Waals surface area contributed by atoms with Crippen LogP contribution in [0.3, 0.4) is 0 Å². The minimum Gasteiger partial charge on any atom is -0.385 e. The van der Waals surface area contributed by atoms with Gasteiger partial charge in [0.2, 0.25) is 0 Å². The summed E-state index contributed by atoms with van der Waals surface area (Å²) >= 11 is 0. The number of carbonyl (C=O) groups is 1. The molecular formula is C11H12F2O2. The molecule has 0 aliphatic heterocycles. The second-order valence-electron chi connectivity index (χ2n) is 3.12. The lowest BCUT2D eigenvalue weighted by molar-refractivity contribution is 0.0955. The quantitative estimate of drug-likeness (QED) is 0.556. The Morgan fingerprint density at radius 1 is 1.33 bits per heavy atom. The molecule has 0 heterocycles. The maximum Gasteiger partial charge on any atom is 0.168 e. The number of hydrogen-bond donors (Lipinski definition) is 0. The van der Waals surface area contributed by atoms with Crippen LogP contribution < -0.4 is 0 Å². The molecule has 0 saturated heterocycles. The number of halogens is 2. The molecule has 0 bridgehead atoms. The van der Waals surface area contributed by atoms with Crippen molar-refractivity contribution in [3.63, 3.8) is 0 Å². The Hall–Kier alpha value is -1.29. The molecule has 82 valence electrons. The smallest absolute Gasteiger partial charge is 0.168 e. The molecule has 0 N–H and O–H groups in total. The molecular weight excluding hydrogens is 202 g/mol. The van der Waals surface area contributed by atoms with E-state index in [1.807, 2.05) is 0 Å². The third-order valence-corrected chi connectivity index (χ3v) is 1.99. The molecule has 1 aromatic rings. The lowest BCUT2D eigenvalue weighted by Gasteiger charge is -2.03. The minimum absolute atomic E-state index is 0.0890. The van der Waals surface area contributed by atoms with Crippen LogP contribution in [0, 0.1) is 11.6 Å². The van der Waals surface area contributed by atoms with Gasteiger partial charge in [-0.15, -0.1) is 0 Å². The van der Waals surface area contributed by atoms with Crippen molar-refractivity contribution < 1.29 is 18.3 Å². The number of Topliss-reactive ketones (excluding diaryl/α,β-unsaturated/α-hetero) is 1. The van der Waals surface area contributed by atoms with E-state index in [2.05, 4.69) is 0 Å². The van der Waals surface area contributed by atoms with E-state index >= 15 is 0 Å². The second-order valence-corrected chi connectivity index (χ2v) is 3.12. The van der Waals surface area contributed by atoms with Gasteiger partial charge in [-0.1, -0.05) is 6.07 Å². The van der Waals surface area contributed by atoms with Gasteiger partial charge in [0.05, 0.1) is 5.56 Å². The zero-order valence-corrected chi connectivity index (χ0v) is 8.43. The molecule has 0 atom stereocenters. The van der Waals surface area contributed by atoms with Crippen LogP contribution in [-0.2, 0) is 4.74 Å². The number of ketones is 1. The third-order valence-electron chi connectivity index (χ3n) is 1.99. The van der Waals surface area contributed by atoms with Gasteiger partial charge in [-0.25, -0.2) is 8.78 Å². The van der Waals surface area contributed by atoms with Crippen molar-refractivity contribution in [1.82, 2.24) is 0 Å². The SMILES string of the molecule is COCCCC(=O)c1c(F)cccc1F. The van der Waals surface area contributed by atoms with Gasteiger partial charge < -0.3 is 4.74 Å². The van der Waals surface area contributed by atoms with Gasteiger partial charge in [-0.05, 0) is 18.6 Å². The molecule has 0 aromatic heterocycles. The number of hydrogen-bond acceptors (Lipinski definition) is 2. The van der Waals surface area contributed by atoms with Gasteiger partial charge in [-0.3, -0.25) is 4.79 Å². The fourth-order valence-corrected chi connectivity index (χ4v) is 1.27. The third kappa shape index (κ3) is 3.09. The van der Waals surface area contributed by atoms with E-state index in [1.165, 1.54) is 13.2 Å². The monoisotopic (exact) mass is 214 g/mol. The van der Waals surface area contributed by atoms with Crippen LogP contribution in [0.2, 0.25) is 0 Å². The van der Waals surface area contributed by atoms with Crippen LogP contribution in [-0.4, -0.2) is 19.5 Å². The van der Waals surface area contributed by atoms with Gasteiger partial charge >= 0.3 is 0 Å². The van der Waals surface area contributed by atoms with Gasteiger partial charge in [0.1, 0.15) is 11.6 Å². The number of ether oxygens (including phenoxy) is 1. The topological polar surface area (TPSA) is 26.3 Å². The van der Waals surface area contributed by atoms with Crippen molar-refractivity contribution in [3.8, 4) is 0 Å². The number of rotatable bonds is 5. The van der Waals surface area contributed by atoms with E-state index < -0.39 is 23.0 Å². The minimum atomic E-state index is -0.808.